The fourth-order valence-corrected chi connectivity index (χ4v) is 2.94. The Kier molecular flexibility index (Phi) is 5.91. The first-order valence-electron chi connectivity index (χ1n) is 8.40. The van der Waals surface area contributed by atoms with E-state index in [9.17, 15) is 27.9 Å². The topological polar surface area (TPSA) is 76.1 Å². The summed E-state index contributed by atoms with van der Waals surface area (Å²) >= 11 is 0. The number of benzene rings is 1. The summed E-state index contributed by atoms with van der Waals surface area (Å²) in [6, 6.07) is 5.24. The molecule has 2 rings (SSSR count). The number of rotatable bonds is 3. The number of nitrogens with zero attached hydrogens (tertiary/aromatic N) is 1. The van der Waals surface area contributed by atoms with Gasteiger partial charge in [0.25, 0.3) is 0 Å². The van der Waals surface area contributed by atoms with Crippen LogP contribution in [0.3, 0.4) is 0 Å². The molecule has 0 aliphatic carbocycles. The molecule has 1 aliphatic rings. The van der Waals surface area contributed by atoms with E-state index in [1.54, 1.807) is 20.8 Å². The Balaban J connectivity index is 2.17. The summed E-state index contributed by atoms with van der Waals surface area (Å²) in [5, 5.41) is 9.38. The Labute approximate surface area is 154 Å². The van der Waals surface area contributed by atoms with Crippen molar-refractivity contribution in [2.24, 2.45) is 5.92 Å². The van der Waals surface area contributed by atoms with Crippen molar-refractivity contribution >= 4 is 12.1 Å². The van der Waals surface area contributed by atoms with Crippen molar-refractivity contribution in [1.29, 1.82) is 0 Å². The number of alkyl halides is 3. The van der Waals surface area contributed by atoms with Gasteiger partial charge in [0.2, 0.25) is 0 Å². The van der Waals surface area contributed by atoms with Gasteiger partial charge in [0.1, 0.15) is 11.4 Å². The second-order valence-corrected chi connectivity index (χ2v) is 7.47. The molecule has 1 heterocycles. The third-order valence-corrected chi connectivity index (χ3v) is 4.04. The van der Waals surface area contributed by atoms with Crippen LogP contribution >= 0.6 is 0 Å². The predicted molar refractivity (Wildman–Crippen MR) is 89.4 cm³/mol. The number of piperidine rings is 1. The first-order valence-corrected chi connectivity index (χ1v) is 8.40. The maximum Gasteiger partial charge on any atom is 0.573 e. The van der Waals surface area contributed by atoms with Crippen molar-refractivity contribution in [2.45, 2.75) is 45.1 Å². The number of hydrogen-bond donors (Lipinski definition) is 1. The van der Waals surface area contributed by atoms with Gasteiger partial charge in [-0.2, -0.15) is 0 Å². The predicted octanol–water partition coefficient (Wildman–Crippen LogP) is 4.01. The second kappa shape index (κ2) is 7.66. The van der Waals surface area contributed by atoms with Crippen LogP contribution in [0.25, 0.3) is 0 Å². The van der Waals surface area contributed by atoms with Crippen LogP contribution in [0.1, 0.15) is 38.7 Å². The lowest BCUT2D eigenvalue weighted by Crippen LogP contribution is -2.47. The molecule has 27 heavy (non-hydrogen) atoms. The van der Waals surface area contributed by atoms with Gasteiger partial charge in [-0.25, -0.2) is 4.79 Å². The molecule has 1 amide bonds. The summed E-state index contributed by atoms with van der Waals surface area (Å²) < 4.78 is 46.0. The lowest BCUT2D eigenvalue weighted by Gasteiger charge is -2.37. The number of halogens is 3. The highest BCUT2D eigenvalue weighted by molar-refractivity contribution is 5.73. The molecule has 1 aliphatic heterocycles. The third-order valence-electron chi connectivity index (χ3n) is 4.04. The molecule has 150 valence electrons. The number of hydrogen-bond acceptors (Lipinski definition) is 4. The summed E-state index contributed by atoms with van der Waals surface area (Å²) in [4.78, 5) is 25.1. The molecule has 1 N–H and O–H groups in total. The summed E-state index contributed by atoms with van der Waals surface area (Å²) in [6.07, 6.45) is -5.13. The Morgan fingerprint density at radius 2 is 1.70 bits per heavy atom. The van der Waals surface area contributed by atoms with E-state index in [0.717, 1.165) is 0 Å². The molecule has 0 spiro atoms. The third kappa shape index (κ3) is 6.33. The maximum atomic E-state index is 12.3. The van der Waals surface area contributed by atoms with Crippen LogP contribution in [-0.2, 0) is 9.53 Å². The molecular formula is C18H22F3NO5. The molecule has 1 fully saturated rings. The van der Waals surface area contributed by atoms with Gasteiger partial charge < -0.3 is 19.5 Å². The molecule has 6 nitrogen and oxygen atoms in total. The van der Waals surface area contributed by atoms with Crippen molar-refractivity contribution in [1.82, 2.24) is 4.90 Å². The van der Waals surface area contributed by atoms with Crippen LogP contribution in [0.4, 0.5) is 18.0 Å². The number of carboxylic acid groups (broad SMARTS) is 1. The molecule has 2 atom stereocenters. The molecule has 2 unspecified atom stereocenters. The Morgan fingerprint density at radius 3 is 2.19 bits per heavy atom. The Hall–Kier alpha value is -2.45. The van der Waals surface area contributed by atoms with Crippen LogP contribution in [0.2, 0.25) is 0 Å². The van der Waals surface area contributed by atoms with E-state index in [4.69, 9.17) is 4.74 Å². The van der Waals surface area contributed by atoms with Gasteiger partial charge in [-0.15, -0.1) is 13.2 Å². The Bertz CT molecular complexity index is 682. The van der Waals surface area contributed by atoms with Gasteiger partial charge in [-0.3, -0.25) is 4.79 Å². The average Bonchev–Trinajstić information content (AvgIpc) is 2.52. The minimum Gasteiger partial charge on any atom is -0.481 e. The van der Waals surface area contributed by atoms with Crippen molar-refractivity contribution in [3.63, 3.8) is 0 Å². The van der Waals surface area contributed by atoms with E-state index in [1.807, 2.05) is 0 Å². The minimum absolute atomic E-state index is 0.0238. The molecule has 0 aromatic heterocycles. The molecule has 1 aromatic carbocycles. The van der Waals surface area contributed by atoms with Gasteiger partial charge >= 0.3 is 18.4 Å². The van der Waals surface area contributed by atoms with Crippen molar-refractivity contribution in [3.05, 3.63) is 29.8 Å². The highest BCUT2D eigenvalue weighted by Crippen LogP contribution is 2.33. The Morgan fingerprint density at radius 1 is 1.11 bits per heavy atom. The van der Waals surface area contributed by atoms with Crippen LogP contribution in [0.5, 0.6) is 5.75 Å². The van der Waals surface area contributed by atoms with Crippen LogP contribution in [-0.4, -0.2) is 47.1 Å². The minimum atomic E-state index is -4.78. The van der Waals surface area contributed by atoms with Crippen LogP contribution < -0.4 is 4.74 Å². The quantitative estimate of drug-likeness (QED) is 0.845. The summed E-state index contributed by atoms with van der Waals surface area (Å²) in [5.74, 6) is -2.53. The normalized spacial score (nSPS) is 20.9. The maximum absolute atomic E-state index is 12.3. The smallest absolute Gasteiger partial charge is 0.481 e. The number of carbonyl (C=O) groups is 2. The van der Waals surface area contributed by atoms with Crippen molar-refractivity contribution in [2.75, 3.05) is 13.1 Å². The highest BCUT2D eigenvalue weighted by Gasteiger charge is 2.36. The number of likely N-dealkylation sites (tertiary alicyclic amines) is 1. The first-order chi connectivity index (χ1) is 12.3. The fraction of sp³-hybridized carbons (Fsp3) is 0.556. The molecule has 0 bridgehead atoms. The van der Waals surface area contributed by atoms with Crippen molar-refractivity contribution in [3.8, 4) is 5.75 Å². The van der Waals surface area contributed by atoms with Gasteiger partial charge in [0.05, 0.1) is 5.92 Å². The molecule has 0 radical (unpaired) electrons. The fourth-order valence-electron chi connectivity index (χ4n) is 2.94. The number of amides is 1. The van der Waals surface area contributed by atoms with Gasteiger partial charge in [0.15, 0.2) is 0 Å². The summed E-state index contributed by atoms with van der Waals surface area (Å²) in [7, 11) is 0. The van der Waals surface area contributed by atoms with Gasteiger partial charge in [0, 0.05) is 19.0 Å². The zero-order valence-corrected chi connectivity index (χ0v) is 15.2. The van der Waals surface area contributed by atoms with E-state index < -0.39 is 29.9 Å². The lowest BCUT2D eigenvalue weighted by molar-refractivity contribution is -0.274. The number of ether oxygens (including phenoxy) is 2. The molecular weight excluding hydrogens is 367 g/mol. The lowest BCUT2D eigenvalue weighted by atomic mass is 9.84. The molecule has 0 saturated carbocycles. The number of carboxylic acids is 1. The summed E-state index contributed by atoms with van der Waals surface area (Å²) in [5.41, 5.74) is -0.0942. The standard InChI is InChI=1S/C18H22F3NO5/c1-17(2,3)27-16(25)22-9-12(8-13(10-22)15(23)24)11-4-6-14(7-5-11)26-18(19,20)21/h4-7,12-13H,8-10H2,1-3H3,(H,23,24). The number of aliphatic carboxylic acids is 1. The molecule has 9 heteroatoms. The van der Waals surface area contributed by atoms with Gasteiger partial charge in [-0.05, 0) is 44.9 Å². The SMILES string of the molecule is CC(C)(C)OC(=O)N1CC(C(=O)O)CC(c2ccc(OC(F)(F)F)cc2)C1. The molecule has 1 aromatic rings. The second-order valence-electron chi connectivity index (χ2n) is 7.47. The van der Waals surface area contributed by atoms with Gasteiger partial charge in [-0.1, -0.05) is 12.1 Å². The highest BCUT2D eigenvalue weighted by atomic mass is 19.4. The van der Waals surface area contributed by atoms with E-state index in [0.29, 0.717) is 5.56 Å². The van der Waals surface area contributed by atoms with E-state index in [1.165, 1.54) is 29.2 Å². The van der Waals surface area contributed by atoms with E-state index in [-0.39, 0.29) is 31.2 Å². The van der Waals surface area contributed by atoms with Crippen molar-refractivity contribution < 1.29 is 37.3 Å². The average molecular weight is 389 g/mol. The molecule has 1 saturated heterocycles. The first kappa shape index (κ1) is 20.9. The van der Waals surface area contributed by atoms with E-state index in [2.05, 4.69) is 4.74 Å². The van der Waals surface area contributed by atoms with E-state index >= 15 is 0 Å². The largest absolute Gasteiger partial charge is 0.573 e. The van der Waals surface area contributed by atoms with Crippen LogP contribution in [0, 0.1) is 5.92 Å². The zero-order valence-electron chi connectivity index (χ0n) is 15.2. The van der Waals surface area contributed by atoms with Crippen LogP contribution in [0.15, 0.2) is 24.3 Å². The zero-order chi connectivity index (χ0) is 20.4. The number of carbonyl (C=O) groups excluding carboxylic acids is 1. The summed E-state index contributed by atoms with van der Waals surface area (Å²) in [6.45, 7) is 5.37. The monoisotopic (exact) mass is 389 g/mol.